The minimum absolute atomic E-state index is 0.129. The molecule has 0 radical (unpaired) electrons. The molecule has 0 aliphatic rings. The maximum atomic E-state index is 11.8. The SMILES string of the molecule is Cc1cc(C(=O)N[C@@H](Cc2cnc[nH]2)C(=O)O)n[nH]1. The van der Waals surface area contributed by atoms with Crippen molar-refractivity contribution < 1.29 is 14.7 Å². The summed E-state index contributed by atoms with van der Waals surface area (Å²) in [6.45, 7) is 1.75. The van der Waals surface area contributed by atoms with Gasteiger partial charge in [-0.05, 0) is 13.0 Å². The number of carbonyl (C=O) groups is 2. The van der Waals surface area contributed by atoms with Gasteiger partial charge in [0.1, 0.15) is 11.7 Å². The molecular formula is C11H13N5O3. The largest absolute Gasteiger partial charge is 0.480 e. The zero-order valence-corrected chi connectivity index (χ0v) is 10.2. The van der Waals surface area contributed by atoms with Gasteiger partial charge < -0.3 is 15.4 Å². The monoisotopic (exact) mass is 263 g/mol. The van der Waals surface area contributed by atoms with Crippen LogP contribution in [0.4, 0.5) is 0 Å². The first-order valence-electron chi connectivity index (χ1n) is 5.59. The van der Waals surface area contributed by atoms with Crippen LogP contribution in [-0.4, -0.2) is 43.2 Å². The number of aryl methyl sites for hydroxylation is 1. The molecule has 0 fully saturated rings. The Hall–Kier alpha value is -2.64. The Bertz CT molecular complexity index is 575. The average Bonchev–Trinajstić information content (AvgIpc) is 2.99. The van der Waals surface area contributed by atoms with Crippen LogP contribution in [-0.2, 0) is 11.2 Å². The van der Waals surface area contributed by atoms with Gasteiger partial charge >= 0.3 is 5.97 Å². The molecule has 2 heterocycles. The molecule has 0 saturated carbocycles. The van der Waals surface area contributed by atoms with Crippen LogP contribution >= 0.6 is 0 Å². The zero-order chi connectivity index (χ0) is 13.8. The Kier molecular flexibility index (Phi) is 3.60. The topological polar surface area (TPSA) is 124 Å². The number of aromatic amines is 2. The van der Waals surface area contributed by atoms with Crippen LogP contribution in [0.3, 0.4) is 0 Å². The number of amides is 1. The summed E-state index contributed by atoms with van der Waals surface area (Å²) in [4.78, 5) is 29.5. The molecule has 8 nitrogen and oxygen atoms in total. The van der Waals surface area contributed by atoms with Gasteiger partial charge in [-0.1, -0.05) is 0 Å². The first-order valence-corrected chi connectivity index (χ1v) is 5.59. The van der Waals surface area contributed by atoms with Crippen LogP contribution in [0.1, 0.15) is 21.9 Å². The molecule has 2 rings (SSSR count). The highest BCUT2D eigenvalue weighted by Gasteiger charge is 2.22. The van der Waals surface area contributed by atoms with Crippen molar-refractivity contribution in [2.24, 2.45) is 0 Å². The lowest BCUT2D eigenvalue weighted by atomic mass is 10.1. The van der Waals surface area contributed by atoms with Gasteiger partial charge in [0, 0.05) is 24.0 Å². The van der Waals surface area contributed by atoms with Crippen LogP contribution in [0.2, 0.25) is 0 Å². The van der Waals surface area contributed by atoms with Gasteiger partial charge in [-0.2, -0.15) is 5.10 Å². The van der Waals surface area contributed by atoms with Gasteiger partial charge in [-0.25, -0.2) is 9.78 Å². The van der Waals surface area contributed by atoms with Crippen LogP contribution in [0.5, 0.6) is 0 Å². The molecule has 0 saturated heterocycles. The maximum Gasteiger partial charge on any atom is 0.326 e. The number of nitrogens with one attached hydrogen (secondary N) is 3. The Morgan fingerprint density at radius 2 is 2.32 bits per heavy atom. The number of hydrogen-bond donors (Lipinski definition) is 4. The summed E-state index contributed by atoms with van der Waals surface area (Å²) in [7, 11) is 0. The second-order valence-corrected chi connectivity index (χ2v) is 4.08. The molecule has 0 aliphatic carbocycles. The average molecular weight is 263 g/mol. The second-order valence-electron chi connectivity index (χ2n) is 4.08. The number of carboxylic acids is 1. The van der Waals surface area contributed by atoms with Gasteiger partial charge in [0.2, 0.25) is 0 Å². The summed E-state index contributed by atoms with van der Waals surface area (Å²) in [5.74, 6) is -1.65. The number of rotatable bonds is 5. The van der Waals surface area contributed by atoms with Crippen LogP contribution in [0.25, 0.3) is 0 Å². The Labute approximate surface area is 108 Å². The quantitative estimate of drug-likeness (QED) is 0.598. The fourth-order valence-corrected chi connectivity index (χ4v) is 1.58. The number of imidazole rings is 1. The standard InChI is InChI=1S/C11H13N5O3/c1-6-2-8(16-15-6)10(17)14-9(11(18)19)3-7-4-12-5-13-7/h2,4-5,9H,3H2,1H3,(H,12,13)(H,14,17)(H,15,16)(H,18,19)/t9-/m0/s1. The van der Waals surface area contributed by atoms with E-state index >= 15 is 0 Å². The number of aliphatic carboxylic acids is 1. The highest BCUT2D eigenvalue weighted by molar-refractivity contribution is 5.95. The molecule has 2 aromatic heterocycles. The van der Waals surface area contributed by atoms with Gasteiger partial charge in [-0.3, -0.25) is 9.89 Å². The van der Waals surface area contributed by atoms with Crippen molar-refractivity contribution in [2.75, 3.05) is 0 Å². The number of carbonyl (C=O) groups excluding carboxylic acids is 1. The van der Waals surface area contributed by atoms with E-state index in [1.54, 1.807) is 13.0 Å². The number of hydrogen-bond acceptors (Lipinski definition) is 4. The van der Waals surface area contributed by atoms with Gasteiger partial charge in [-0.15, -0.1) is 0 Å². The molecule has 2 aromatic rings. The molecule has 8 heteroatoms. The normalized spacial score (nSPS) is 12.1. The van der Waals surface area contributed by atoms with E-state index in [1.807, 2.05) is 0 Å². The van der Waals surface area contributed by atoms with Crippen molar-refractivity contribution >= 4 is 11.9 Å². The third-order valence-electron chi connectivity index (χ3n) is 2.52. The van der Waals surface area contributed by atoms with Gasteiger partial charge in [0.05, 0.1) is 6.33 Å². The third kappa shape index (κ3) is 3.18. The summed E-state index contributed by atoms with van der Waals surface area (Å²) in [5.41, 5.74) is 1.52. The summed E-state index contributed by atoms with van der Waals surface area (Å²) in [6.07, 6.45) is 3.10. The number of H-pyrrole nitrogens is 2. The summed E-state index contributed by atoms with van der Waals surface area (Å²) in [5, 5.41) is 17.9. The van der Waals surface area contributed by atoms with E-state index in [9.17, 15) is 9.59 Å². The molecular weight excluding hydrogens is 250 g/mol. The van der Waals surface area contributed by atoms with E-state index in [0.29, 0.717) is 5.69 Å². The van der Waals surface area contributed by atoms with Crippen LogP contribution < -0.4 is 5.32 Å². The van der Waals surface area contributed by atoms with E-state index in [2.05, 4.69) is 25.5 Å². The van der Waals surface area contributed by atoms with Crippen molar-refractivity contribution in [1.29, 1.82) is 0 Å². The lowest BCUT2D eigenvalue weighted by Gasteiger charge is -2.12. The summed E-state index contributed by atoms with van der Waals surface area (Å²) < 4.78 is 0. The van der Waals surface area contributed by atoms with Gasteiger partial charge in [0.25, 0.3) is 5.91 Å². The van der Waals surface area contributed by atoms with E-state index in [0.717, 1.165) is 5.69 Å². The molecule has 0 spiro atoms. The predicted molar refractivity (Wildman–Crippen MR) is 64.5 cm³/mol. The van der Waals surface area contributed by atoms with Crippen LogP contribution in [0, 0.1) is 6.92 Å². The van der Waals surface area contributed by atoms with E-state index in [-0.39, 0.29) is 12.1 Å². The van der Waals surface area contributed by atoms with Crippen LogP contribution in [0.15, 0.2) is 18.6 Å². The molecule has 0 bridgehead atoms. The number of nitrogens with zero attached hydrogens (tertiary/aromatic N) is 2. The van der Waals surface area contributed by atoms with E-state index in [1.165, 1.54) is 12.5 Å². The molecule has 1 atom stereocenters. The van der Waals surface area contributed by atoms with Crippen molar-refractivity contribution in [3.8, 4) is 0 Å². The molecule has 19 heavy (non-hydrogen) atoms. The fraction of sp³-hybridized carbons (Fsp3) is 0.273. The Morgan fingerprint density at radius 1 is 1.53 bits per heavy atom. The highest BCUT2D eigenvalue weighted by atomic mass is 16.4. The predicted octanol–water partition coefficient (Wildman–Crippen LogP) is -0.133. The first-order chi connectivity index (χ1) is 9.06. The summed E-state index contributed by atoms with van der Waals surface area (Å²) >= 11 is 0. The Balaban J connectivity index is 2.04. The number of carboxylic acid groups (broad SMARTS) is 1. The first kappa shape index (κ1) is 12.8. The zero-order valence-electron chi connectivity index (χ0n) is 10.2. The molecule has 4 N–H and O–H groups in total. The molecule has 100 valence electrons. The molecule has 1 amide bonds. The minimum Gasteiger partial charge on any atom is -0.480 e. The Morgan fingerprint density at radius 3 is 2.84 bits per heavy atom. The number of aromatic nitrogens is 4. The lowest BCUT2D eigenvalue weighted by molar-refractivity contribution is -0.139. The maximum absolute atomic E-state index is 11.8. The summed E-state index contributed by atoms with van der Waals surface area (Å²) in [6, 6.07) is 0.509. The highest BCUT2D eigenvalue weighted by Crippen LogP contribution is 2.02. The smallest absolute Gasteiger partial charge is 0.326 e. The molecule has 0 unspecified atom stereocenters. The minimum atomic E-state index is -1.12. The van der Waals surface area contributed by atoms with E-state index < -0.39 is 17.9 Å². The van der Waals surface area contributed by atoms with E-state index in [4.69, 9.17) is 5.11 Å². The lowest BCUT2D eigenvalue weighted by Crippen LogP contribution is -2.42. The van der Waals surface area contributed by atoms with Crippen molar-refractivity contribution in [1.82, 2.24) is 25.5 Å². The third-order valence-corrected chi connectivity index (χ3v) is 2.52. The molecule has 0 aliphatic heterocycles. The van der Waals surface area contributed by atoms with Crippen molar-refractivity contribution in [3.63, 3.8) is 0 Å². The van der Waals surface area contributed by atoms with Gasteiger partial charge in [0.15, 0.2) is 0 Å². The molecule has 0 aromatic carbocycles. The fourth-order valence-electron chi connectivity index (χ4n) is 1.58. The van der Waals surface area contributed by atoms with Crippen molar-refractivity contribution in [2.45, 2.75) is 19.4 Å². The van der Waals surface area contributed by atoms with Crippen molar-refractivity contribution in [3.05, 3.63) is 35.7 Å². The second kappa shape index (κ2) is 5.34.